The van der Waals surface area contributed by atoms with E-state index in [4.69, 9.17) is 3.02 Å². The molecule has 4 aromatic carbocycles. The molecule has 0 saturated carbocycles. The van der Waals surface area contributed by atoms with Crippen LogP contribution in [0.3, 0.4) is 0 Å². The van der Waals surface area contributed by atoms with Crippen molar-refractivity contribution in [3.05, 3.63) is 114 Å². The van der Waals surface area contributed by atoms with Crippen LogP contribution in [0.1, 0.15) is 58.2 Å². The third-order valence-electron chi connectivity index (χ3n) is 6.94. The number of rotatable bonds is 8. The third-order valence-corrected chi connectivity index (χ3v) is 12.0. The number of nitrogens with one attached hydrogen (secondary N) is 1. The fourth-order valence-electron chi connectivity index (χ4n) is 4.87. The molecule has 0 aliphatic carbocycles. The number of hydrogen-bond donors (Lipinski definition) is 1. The van der Waals surface area contributed by atoms with Crippen LogP contribution in [-0.2, 0) is 17.4 Å². The molecule has 0 unspecified atom stereocenters. The molecule has 0 fully saturated rings. The first-order chi connectivity index (χ1) is 19.0. The molecule has 0 radical (unpaired) electrons. The second kappa shape index (κ2) is 11.8. The number of benzene rings is 4. The van der Waals surface area contributed by atoms with Gasteiger partial charge in [0.1, 0.15) is 0 Å². The zero-order valence-corrected chi connectivity index (χ0v) is 30.2. The summed E-state index contributed by atoms with van der Waals surface area (Å²) in [6.07, 6.45) is 0. The summed E-state index contributed by atoms with van der Waals surface area (Å²) in [6.45, 7) is 14.5. The zero-order valence-electron chi connectivity index (χ0n) is 26.7. The molecular weight excluding hydrogens is 627 g/mol. The molecule has 218 valence electrons. The van der Waals surface area contributed by atoms with Gasteiger partial charge in [-0.25, -0.2) is 0 Å². The Hall–Kier alpha value is -2.27. The Bertz CT molecular complexity index is 1430. The van der Waals surface area contributed by atoms with Gasteiger partial charge in [-0.2, -0.15) is 0 Å². The van der Waals surface area contributed by atoms with Gasteiger partial charge in [-0.3, -0.25) is 0 Å². The normalized spacial score (nSPS) is 13.5. The topological polar surface area (TPSA) is 21.3 Å². The van der Waals surface area contributed by atoms with E-state index in [9.17, 15) is 0 Å². The quantitative estimate of drug-likeness (QED) is 0.148. The third kappa shape index (κ3) is 8.40. The molecular formula is C37H49NOPSb. The summed E-state index contributed by atoms with van der Waals surface area (Å²) in [5.74, 6) is 1.08. The van der Waals surface area contributed by atoms with Crippen molar-refractivity contribution in [2.75, 3.05) is 5.32 Å². The summed E-state index contributed by atoms with van der Waals surface area (Å²) >= 11 is -3.20. The van der Waals surface area contributed by atoms with Crippen LogP contribution in [-0.4, -0.2) is 17.8 Å². The van der Waals surface area contributed by atoms with E-state index in [2.05, 4.69) is 163 Å². The van der Waals surface area contributed by atoms with Crippen LogP contribution in [0.4, 0.5) is 5.69 Å². The summed E-state index contributed by atoms with van der Waals surface area (Å²) in [7, 11) is -0.719. The molecule has 0 saturated heterocycles. The van der Waals surface area contributed by atoms with Crippen molar-refractivity contribution in [1.29, 1.82) is 0 Å². The van der Waals surface area contributed by atoms with Crippen LogP contribution in [0.15, 0.2) is 97.1 Å². The minimum atomic E-state index is -3.20. The molecule has 0 bridgehead atoms. The van der Waals surface area contributed by atoms with Crippen LogP contribution in [0.25, 0.3) is 0 Å². The van der Waals surface area contributed by atoms with Crippen molar-refractivity contribution in [3.63, 3.8) is 0 Å². The molecule has 0 heterocycles. The predicted octanol–water partition coefficient (Wildman–Crippen LogP) is 9.45. The van der Waals surface area contributed by atoms with Crippen LogP contribution < -0.4 is 24.2 Å². The molecule has 0 amide bonds. The molecule has 4 heteroatoms. The number of anilines is 1. The first kappa shape index (κ1) is 31.7. The second-order valence-corrected chi connectivity index (χ2v) is 37.1. The Morgan fingerprint density at radius 3 is 1.66 bits per heavy atom. The summed E-state index contributed by atoms with van der Waals surface area (Å²) in [5, 5.41) is 7.95. The van der Waals surface area contributed by atoms with Gasteiger partial charge >= 0.3 is 254 Å². The van der Waals surface area contributed by atoms with Gasteiger partial charge < -0.3 is 0 Å². The van der Waals surface area contributed by atoms with E-state index in [1.54, 1.807) is 0 Å². The van der Waals surface area contributed by atoms with Crippen LogP contribution in [0.5, 0.6) is 5.75 Å². The molecule has 0 aromatic heterocycles. The van der Waals surface area contributed by atoms with Gasteiger partial charge in [0.2, 0.25) is 0 Å². The molecule has 0 spiro atoms. The number of hydrogen-bond acceptors (Lipinski definition) is 2. The molecule has 2 nitrogen and oxygen atoms in total. The molecule has 1 N–H and O–H groups in total. The SMILES string of the molecule is CC(C)(C)c1cc(CNc2ccccc2P(c2ccccc2)c2ccccc2)c([O][Sb]([CH3])([CH3])([CH3])[CH3])c(C(C)(C)C)c1. The van der Waals surface area contributed by atoms with Crippen LogP contribution in [0.2, 0.25) is 19.5 Å². The van der Waals surface area contributed by atoms with Gasteiger partial charge in [0.05, 0.1) is 0 Å². The summed E-state index contributed by atoms with van der Waals surface area (Å²) < 4.78 is 7.12. The van der Waals surface area contributed by atoms with Crippen LogP contribution >= 0.6 is 7.92 Å². The Kier molecular flexibility index (Phi) is 9.10. The summed E-state index contributed by atoms with van der Waals surface area (Å²) in [6, 6.07) is 35.5. The van der Waals surface area contributed by atoms with Gasteiger partial charge in [-0.05, 0) is 0 Å². The monoisotopic (exact) mass is 675 g/mol. The standard InChI is InChI=1S/C33H38NOP.4CH3.Sb/c1-32(2,3)25-21-24(31(35)28(22-25)33(4,5)6)23-34-29-19-13-14-20-30(29)36(26-15-9-7-10-16-26)27-17-11-8-12-18-27;;;;;/h7-22,34-35H,23H2,1-6H3;4*1H3;/q;;;;;+1/p-1. The van der Waals surface area contributed by atoms with E-state index in [0.29, 0.717) is 6.54 Å². The molecule has 0 aliphatic heterocycles. The molecule has 0 aliphatic rings. The maximum atomic E-state index is 7.12. The van der Waals surface area contributed by atoms with Gasteiger partial charge in [-0.1, -0.05) is 0 Å². The van der Waals surface area contributed by atoms with Gasteiger partial charge in [-0.15, -0.1) is 0 Å². The van der Waals surface area contributed by atoms with E-state index < -0.39 is 25.7 Å². The fraction of sp³-hybridized carbons (Fsp3) is 0.351. The Balaban J connectivity index is 1.84. The fourth-order valence-corrected chi connectivity index (χ4v) is 10.00. The van der Waals surface area contributed by atoms with E-state index in [0.717, 1.165) is 5.75 Å². The first-order valence-corrected chi connectivity index (χ1v) is 27.2. The van der Waals surface area contributed by atoms with Gasteiger partial charge in [0.15, 0.2) is 0 Å². The summed E-state index contributed by atoms with van der Waals surface area (Å²) in [5.41, 5.74) is 5.07. The van der Waals surface area contributed by atoms with Crippen molar-refractivity contribution in [3.8, 4) is 5.75 Å². The molecule has 0 atom stereocenters. The first-order valence-electron chi connectivity index (χ1n) is 14.6. The minimum absolute atomic E-state index is 0.0361. The van der Waals surface area contributed by atoms with Crippen molar-refractivity contribution < 1.29 is 3.02 Å². The van der Waals surface area contributed by atoms with Crippen LogP contribution in [0, 0.1) is 0 Å². The van der Waals surface area contributed by atoms with E-state index in [-0.39, 0.29) is 10.8 Å². The summed E-state index contributed by atoms with van der Waals surface area (Å²) in [4.78, 5) is 9.43. The Labute approximate surface area is 252 Å². The van der Waals surface area contributed by atoms with Crippen molar-refractivity contribution >= 4 is 47.3 Å². The predicted molar refractivity (Wildman–Crippen MR) is 186 cm³/mol. The van der Waals surface area contributed by atoms with E-state index in [1.807, 2.05) is 0 Å². The van der Waals surface area contributed by atoms with Crippen molar-refractivity contribution in [2.24, 2.45) is 0 Å². The van der Waals surface area contributed by atoms with Gasteiger partial charge in [0, 0.05) is 0 Å². The van der Waals surface area contributed by atoms with Gasteiger partial charge in [0.25, 0.3) is 0 Å². The number of para-hydroxylation sites is 1. The Morgan fingerprint density at radius 1 is 0.659 bits per heavy atom. The molecule has 4 aromatic rings. The Morgan fingerprint density at radius 2 is 1.17 bits per heavy atom. The molecule has 41 heavy (non-hydrogen) atoms. The van der Waals surface area contributed by atoms with Crippen molar-refractivity contribution in [1.82, 2.24) is 0 Å². The average molecular weight is 677 g/mol. The van der Waals surface area contributed by atoms with E-state index >= 15 is 0 Å². The maximum absolute atomic E-state index is 7.12. The zero-order chi connectivity index (χ0) is 30.1. The van der Waals surface area contributed by atoms with E-state index in [1.165, 1.54) is 38.3 Å². The second-order valence-electron chi connectivity index (χ2n) is 14.9. The van der Waals surface area contributed by atoms with Crippen molar-refractivity contribution in [2.45, 2.75) is 78.4 Å². The average Bonchev–Trinajstić information content (AvgIpc) is 2.87. The molecule has 4 rings (SSSR count).